The summed E-state index contributed by atoms with van der Waals surface area (Å²) in [5.74, 6) is 7.73. The quantitative estimate of drug-likeness (QED) is 0.637. The van der Waals surface area contributed by atoms with Gasteiger partial charge in [-0.2, -0.15) is 11.8 Å². The van der Waals surface area contributed by atoms with Crippen LogP contribution in [0.25, 0.3) is 0 Å². The van der Waals surface area contributed by atoms with Crippen LogP contribution < -0.4 is 11.3 Å². The molecule has 0 bridgehead atoms. The first-order chi connectivity index (χ1) is 8.70. The first kappa shape index (κ1) is 13.8. The Balaban J connectivity index is 2.04. The molecular weight excluding hydrogens is 249 g/mol. The van der Waals surface area contributed by atoms with Gasteiger partial charge in [0.2, 0.25) is 0 Å². The number of halogens is 1. The van der Waals surface area contributed by atoms with Gasteiger partial charge < -0.3 is 4.90 Å². The van der Waals surface area contributed by atoms with E-state index in [4.69, 9.17) is 5.84 Å². The molecule has 0 aromatic heterocycles. The van der Waals surface area contributed by atoms with Gasteiger partial charge in [0.15, 0.2) is 0 Å². The van der Waals surface area contributed by atoms with Gasteiger partial charge in [-0.3, -0.25) is 11.3 Å². The minimum atomic E-state index is -0.186. The van der Waals surface area contributed by atoms with Crippen LogP contribution in [0.2, 0.25) is 0 Å². The fourth-order valence-electron chi connectivity index (χ4n) is 2.35. The summed E-state index contributed by atoms with van der Waals surface area (Å²) in [6.07, 6.45) is 0.754. The van der Waals surface area contributed by atoms with Crippen molar-refractivity contribution >= 4 is 11.8 Å². The Morgan fingerprint density at radius 2 is 2.44 bits per heavy atom. The Kier molecular flexibility index (Phi) is 5.00. The van der Waals surface area contributed by atoms with Crippen molar-refractivity contribution in [3.8, 4) is 0 Å². The van der Waals surface area contributed by atoms with Crippen molar-refractivity contribution in [3.05, 3.63) is 35.6 Å². The second kappa shape index (κ2) is 6.52. The summed E-state index contributed by atoms with van der Waals surface area (Å²) in [5.41, 5.74) is 3.88. The molecule has 0 aliphatic carbocycles. The SMILES string of the molecule is CN1CCSCC1C(Cc1cccc(F)c1)NN. The smallest absolute Gasteiger partial charge is 0.123 e. The van der Waals surface area contributed by atoms with Gasteiger partial charge in [0, 0.05) is 30.1 Å². The normalized spacial score (nSPS) is 22.9. The number of nitrogens with two attached hydrogens (primary N) is 1. The van der Waals surface area contributed by atoms with Crippen LogP contribution in [0.4, 0.5) is 4.39 Å². The fourth-order valence-corrected chi connectivity index (χ4v) is 3.66. The van der Waals surface area contributed by atoms with Crippen LogP contribution in [0.3, 0.4) is 0 Å². The Morgan fingerprint density at radius 3 is 3.11 bits per heavy atom. The minimum Gasteiger partial charge on any atom is -0.300 e. The lowest BCUT2D eigenvalue weighted by Crippen LogP contribution is -2.55. The second-order valence-corrected chi connectivity index (χ2v) is 5.88. The number of benzene rings is 1. The number of hydrogen-bond acceptors (Lipinski definition) is 4. The van der Waals surface area contributed by atoms with E-state index in [2.05, 4.69) is 17.4 Å². The van der Waals surface area contributed by atoms with Crippen LogP contribution in [-0.2, 0) is 6.42 Å². The molecule has 100 valence electrons. The predicted molar refractivity (Wildman–Crippen MR) is 75.0 cm³/mol. The molecule has 0 spiro atoms. The molecule has 1 aromatic carbocycles. The molecule has 0 saturated carbocycles. The number of nitrogens with one attached hydrogen (secondary N) is 1. The molecule has 0 amide bonds. The average Bonchev–Trinajstić information content (AvgIpc) is 2.37. The summed E-state index contributed by atoms with van der Waals surface area (Å²) >= 11 is 1.95. The molecule has 1 aromatic rings. The molecule has 3 nitrogen and oxygen atoms in total. The molecule has 2 rings (SSSR count). The largest absolute Gasteiger partial charge is 0.300 e. The third kappa shape index (κ3) is 3.45. The minimum absolute atomic E-state index is 0.157. The van der Waals surface area contributed by atoms with E-state index < -0.39 is 0 Å². The third-order valence-corrected chi connectivity index (χ3v) is 4.51. The van der Waals surface area contributed by atoms with Gasteiger partial charge in [0.1, 0.15) is 5.82 Å². The summed E-state index contributed by atoms with van der Waals surface area (Å²) in [6, 6.07) is 7.31. The molecule has 1 aliphatic rings. The third-order valence-electron chi connectivity index (χ3n) is 3.47. The van der Waals surface area contributed by atoms with E-state index in [1.54, 1.807) is 12.1 Å². The Hall–Kier alpha value is -0.620. The summed E-state index contributed by atoms with van der Waals surface area (Å²) in [7, 11) is 2.13. The molecule has 3 N–H and O–H groups in total. The van der Waals surface area contributed by atoms with Crippen molar-refractivity contribution in [1.29, 1.82) is 0 Å². The highest BCUT2D eigenvalue weighted by Crippen LogP contribution is 2.19. The Bertz CT molecular complexity index is 388. The lowest BCUT2D eigenvalue weighted by Gasteiger charge is -2.37. The van der Waals surface area contributed by atoms with Crippen molar-refractivity contribution in [2.75, 3.05) is 25.1 Å². The van der Waals surface area contributed by atoms with E-state index in [0.717, 1.165) is 24.3 Å². The lowest BCUT2D eigenvalue weighted by molar-refractivity contribution is 0.214. The molecule has 5 heteroatoms. The Labute approximate surface area is 112 Å². The lowest BCUT2D eigenvalue weighted by atomic mass is 10.00. The van der Waals surface area contributed by atoms with Crippen LogP contribution in [0.1, 0.15) is 5.56 Å². The number of thioether (sulfide) groups is 1. The summed E-state index contributed by atoms with van der Waals surface area (Å²) in [6.45, 7) is 1.08. The van der Waals surface area contributed by atoms with Crippen molar-refractivity contribution < 1.29 is 4.39 Å². The zero-order valence-electron chi connectivity index (χ0n) is 10.6. The predicted octanol–water partition coefficient (Wildman–Crippen LogP) is 1.25. The highest BCUT2D eigenvalue weighted by atomic mass is 32.2. The van der Waals surface area contributed by atoms with Crippen LogP contribution in [-0.4, -0.2) is 42.1 Å². The van der Waals surface area contributed by atoms with Crippen LogP contribution in [0.5, 0.6) is 0 Å². The molecule has 18 heavy (non-hydrogen) atoms. The molecule has 1 heterocycles. The molecule has 1 aliphatic heterocycles. The maximum Gasteiger partial charge on any atom is 0.123 e. The monoisotopic (exact) mass is 269 g/mol. The van der Waals surface area contributed by atoms with Crippen molar-refractivity contribution in [2.24, 2.45) is 5.84 Å². The van der Waals surface area contributed by atoms with Gasteiger partial charge in [-0.05, 0) is 31.2 Å². The van der Waals surface area contributed by atoms with Crippen LogP contribution >= 0.6 is 11.8 Å². The van der Waals surface area contributed by atoms with Crippen LogP contribution in [0.15, 0.2) is 24.3 Å². The highest BCUT2D eigenvalue weighted by molar-refractivity contribution is 7.99. The molecular formula is C13H20FN3S. The van der Waals surface area contributed by atoms with E-state index >= 15 is 0 Å². The molecule has 0 radical (unpaired) electrons. The van der Waals surface area contributed by atoms with Gasteiger partial charge in [-0.1, -0.05) is 12.1 Å². The zero-order chi connectivity index (χ0) is 13.0. The first-order valence-electron chi connectivity index (χ1n) is 6.19. The first-order valence-corrected chi connectivity index (χ1v) is 7.34. The summed E-state index contributed by atoms with van der Waals surface area (Å²) < 4.78 is 13.2. The van der Waals surface area contributed by atoms with Gasteiger partial charge in [0.05, 0.1) is 0 Å². The number of likely N-dealkylation sites (N-methyl/N-ethyl adjacent to an activating group) is 1. The highest BCUT2D eigenvalue weighted by Gasteiger charge is 2.27. The molecule has 1 saturated heterocycles. The van der Waals surface area contributed by atoms with Crippen molar-refractivity contribution in [1.82, 2.24) is 10.3 Å². The van der Waals surface area contributed by atoms with E-state index in [9.17, 15) is 4.39 Å². The van der Waals surface area contributed by atoms with Crippen LogP contribution in [0, 0.1) is 5.82 Å². The summed E-state index contributed by atoms with van der Waals surface area (Å²) in [4.78, 5) is 2.33. The van der Waals surface area contributed by atoms with E-state index in [1.165, 1.54) is 11.8 Å². The van der Waals surface area contributed by atoms with Gasteiger partial charge >= 0.3 is 0 Å². The van der Waals surface area contributed by atoms with Gasteiger partial charge in [-0.25, -0.2) is 4.39 Å². The zero-order valence-corrected chi connectivity index (χ0v) is 11.4. The van der Waals surface area contributed by atoms with Crippen molar-refractivity contribution in [2.45, 2.75) is 18.5 Å². The van der Waals surface area contributed by atoms with Gasteiger partial charge in [0.25, 0.3) is 0 Å². The van der Waals surface area contributed by atoms with Crippen molar-refractivity contribution in [3.63, 3.8) is 0 Å². The number of hydrazine groups is 1. The molecule has 2 unspecified atom stereocenters. The van der Waals surface area contributed by atoms with E-state index in [-0.39, 0.29) is 11.9 Å². The maximum atomic E-state index is 13.2. The standard InChI is InChI=1S/C13H20FN3S/c1-17-5-6-18-9-13(17)12(16-15)8-10-3-2-4-11(14)7-10/h2-4,7,12-13,16H,5-6,8-9,15H2,1H3. The van der Waals surface area contributed by atoms with E-state index in [0.29, 0.717) is 6.04 Å². The average molecular weight is 269 g/mol. The number of nitrogens with zero attached hydrogens (tertiary/aromatic N) is 1. The molecule has 2 atom stereocenters. The maximum absolute atomic E-state index is 13.2. The second-order valence-electron chi connectivity index (χ2n) is 4.73. The molecule has 1 fully saturated rings. The van der Waals surface area contributed by atoms with E-state index in [1.807, 2.05) is 17.8 Å². The fraction of sp³-hybridized carbons (Fsp3) is 0.538. The summed E-state index contributed by atoms with van der Waals surface area (Å²) in [5, 5.41) is 0. The number of rotatable bonds is 4. The Morgan fingerprint density at radius 1 is 1.61 bits per heavy atom. The topological polar surface area (TPSA) is 41.3 Å². The van der Waals surface area contributed by atoms with Gasteiger partial charge in [-0.15, -0.1) is 0 Å². The number of hydrogen-bond donors (Lipinski definition) is 2.